The summed E-state index contributed by atoms with van der Waals surface area (Å²) in [4.78, 5) is 33.7. The molecule has 1 aromatic rings. The Bertz CT molecular complexity index is 689. The molecule has 1 fully saturated rings. The van der Waals surface area contributed by atoms with Gasteiger partial charge in [0.1, 0.15) is 0 Å². The van der Waals surface area contributed by atoms with Crippen LogP contribution in [0.1, 0.15) is 18.4 Å². The molecule has 0 saturated carbocycles. The molecule has 1 aromatic carbocycles. The number of amides is 1. The van der Waals surface area contributed by atoms with Gasteiger partial charge in [0.2, 0.25) is 5.91 Å². The third-order valence-corrected chi connectivity index (χ3v) is 4.94. The fourth-order valence-corrected chi connectivity index (χ4v) is 3.52. The average Bonchev–Trinajstić information content (AvgIpc) is 3.01. The Morgan fingerprint density at radius 3 is 2.85 bits per heavy atom. The third-order valence-electron chi connectivity index (χ3n) is 3.94. The summed E-state index contributed by atoms with van der Waals surface area (Å²) in [5.41, 5.74) is -0.291. The number of nitro benzene ring substituents is 1. The number of carboxylic acid groups (broad SMARTS) is 1. The number of hydrogen-bond donors (Lipinski definition) is 2. The standard InChI is InChI=1S/C16H20N2O7S/c1-24-13-3-2-11(6-12(13)18(22)23)8-26-9-14(19)17-16(7-15(20)21)4-5-25-10-16/h2-3,6H,4-5,7-10H2,1H3,(H,17,19)(H,20,21). The predicted molar refractivity (Wildman–Crippen MR) is 94.4 cm³/mol. The molecular formula is C16H20N2O7S. The number of nitro groups is 1. The molecule has 1 heterocycles. The number of rotatable bonds is 9. The van der Waals surface area contributed by atoms with Gasteiger partial charge in [0.05, 0.1) is 36.4 Å². The molecule has 0 bridgehead atoms. The summed E-state index contributed by atoms with van der Waals surface area (Å²) < 4.78 is 10.2. The van der Waals surface area contributed by atoms with Crippen molar-refractivity contribution in [3.05, 3.63) is 33.9 Å². The summed E-state index contributed by atoms with van der Waals surface area (Å²) in [7, 11) is 1.36. The first-order valence-electron chi connectivity index (χ1n) is 7.85. The zero-order valence-electron chi connectivity index (χ0n) is 14.2. The first-order chi connectivity index (χ1) is 12.3. The number of carboxylic acids is 1. The molecule has 0 aliphatic carbocycles. The number of thioether (sulfide) groups is 1. The lowest BCUT2D eigenvalue weighted by Crippen LogP contribution is -2.51. The predicted octanol–water partition coefficient (Wildman–Crippen LogP) is 1.59. The van der Waals surface area contributed by atoms with Crippen molar-refractivity contribution >= 4 is 29.3 Å². The number of carbonyl (C=O) groups is 2. The van der Waals surface area contributed by atoms with Gasteiger partial charge in [-0.1, -0.05) is 6.07 Å². The number of aliphatic carboxylic acids is 1. The Balaban J connectivity index is 1.89. The van der Waals surface area contributed by atoms with Crippen LogP contribution < -0.4 is 10.1 Å². The van der Waals surface area contributed by atoms with Gasteiger partial charge in [-0.3, -0.25) is 19.7 Å². The molecule has 9 nitrogen and oxygen atoms in total. The van der Waals surface area contributed by atoms with Gasteiger partial charge in [-0.05, 0) is 18.1 Å². The van der Waals surface area contributed by atoms with Crippen LogP contribution in [0.4, 0.5) is 5.69 Å². The molecule has 1 amide bonds. The largest absolute Gasteiger partial charge is 0.490 e. The highest BCUT2D eigenvalue weighted by atomic mass is 32.2. The SMILES string of the molecule is COc1ccc(CSCC(=O)NC2(CC(=O)O)CCOC2)cc1[N+](=O)[O-]. The summed E-state index contributed by atoms with van der Waals surface area (Å²) in [6.07, 6.45) is 0.272. The molecule has 26 heavy (non-hydrogen) atoms. The van der Waals surface area contributed by atoms with Crippen molar-refractivity contribution in [1.82, 2.24) is 5.32 Å². The Kier molecular flexibility index (Phi) is 6.81. The lowest BCUT2D eigenvalue weighted by molar-refractivity contribution is -0.385. The van der Waals surface area contributed by atoms with Gasteiger partial charge >= 0.3 is 11.7 Å². The van der Waals surface area contributed by atoms with E-state index in [2.05, 4.69) is 5.32 Å². The fraction of sp³-hybridized carbons (Fsp3) is 0.500. The Hall–Kier alpha value is -2.33. The van der Waals surface area contributed by atoms with E-state index in [1.54, 1.807) is 6.07 Å². The zero-order valence-corrected chi connectivity index (χ0v) is 15.0. The summed E-state index contributed by atoms with van der Waals surface area (Å²) in [6, 6.07) is 4.64. The van der Waals surface area contributed by atoms with Crippen molar-refractivity contribution < 1.29 is 29.1 Å². The molecule has 2 rings (SSSR count). The van der Waals surface area contributed by atoms with E-state index in [9.17, 15) is 19.7 Å². The van der Waals surface area contributed by atoms with Crippen LogP contribution in [0.5, 0.6) is 5.75 Å². The molecule has 1 aliphatic heterocycles. The van der Waals surface area contributed by atoms with Crippen molar-refractivity contribution in [1.29, 1.82) is 0 Å². The normalized spacial score (nSPS) is 19.1. The van der Waals surface area contributed by atoms with Crippen molar-refractivity contribution in [2.45, 2.75) is 24.1 Å². The van der Waals surface area contributed by atoms with Gasteiger partial charge < -0.3 is 19.9 Å². The smallest absolute Gasteiger partial charge is 0.311 e. The van der Waals surface area contributed by atoms with Crippen LogP contribution in [0.2, 0.25) is 0 Å². The monoisotopic (exact) mass is 384 g/mol. The molecule has 0 spiro atoms. The molecule has 1 saturated heterocycles. The molecule has 1 atom stereocenters. The minimum atomic E-state index is -0.992. The number of nitrogens with zero attached hydrogens (tertiary/aromatic N) is 1. The van der Waals surface area contributed by atoms with E-state index in [1.165, 1.54) is 31.0 Å². The second-order valence-electron chi connectivity index (χ2n) is 5.96. The summed E-state index contributed by atoms with van der Waals surface area (Å²) in [6.45, 7) is 0.594. The first-order valence-corrected chi connectivity index (χ1v) is 9.00. The number of nitrogens with one attached hydrogen (secondary N) is 1. The maximum Gasteiger partial charge on any atom is 0.311 e. The van der Waals surface area contributed by atoms with Gasteiger partial charge in [0.15, 0.2) is 5.75 Å². The quantitative estimate of drug-likeness (QED) is 0.485. The highest BCUT2D eigenvalue weighted by molar-refractivity contribution is 7.99. The lowest BCUT2D eigenvalue weighted by atomic mass is 9.94. The highest BCUT2D eigenvalue weighted by Crippen LogP contribution is 2.29. The summed E-state index contributed by atoms with van der Waals surface area (Å²) in [5, 5.41) is 22.8. The summed E-state index contributed by atoms with van der Waals surface area (Å²) in [5.74, 6) is -0.584. The van der Waals surface area contributed by atoms with Crippen molar-refractivity contribution in [2.75, 3.05) is 26.1 Å². The van der Waals surface area contributed by atoms with Crippen LogP contribution in [-0.4, -0.2) is 53.5 Å². The maximum absolute atomic E-state index is 12.1. The second kappa shape index (κ2) is 8.86. The minimum absolute atomic E-state index is 0.112. The Morgan fingerprint density at radius 2 is 2.27 bits per heavy atom. The third kappa shape index (κ3) is 5.33. The highest BCUT2D eigenvalue weighted by Gasteiger charge is 2.38. The molecule has 1 unspecified atom stereocenters. The number of carbonyl (C=O) groups excluding carboxylic acids is 1. The van der Waals surface area contributed by atoms with Gasteiger partial charge in [0, 0.05) is 18.4 Å². The summed E-state index contributed by atoms with van der Waals surface area (Å²) >= 11 is 1.29. The fourth-order valence-electron chi connectivity index (χ4n) is 2.74. The maximum atomic E-state index is 12.1. The zero-order chi connectivity index (χ0) is 19.2. The second-order valence-corrected chi connectivity index (χ2v) is 6.94. The number of methoxy groups -OCH3 is 1. The van der Waals surface area contributed by atoms with E-state index in [1.807, 2.05) is 0 Å². The molecule has 0 aromatic heterocycles. The minimum Gasteiger partial charge on any atom is -0.490 e. The van der Waals surface area contributed by atoms with Crippen LogP contribution in [0.3, 0.4) is 0 Å². The molecule has 2 N–H and O–H groups in total. The molecule has 10 heteroatoms. The van der Waals surface area contributed by atoms with Crippen LogP contribution >= 0.6 is 11.8 Å². The number of benzene rings is 1. The van der Waals surface area contributed by atoms with Crippen LogP contribution in [-0.2, 0) is 20.1 Å². The van der Waals surface area contributed by atoms with Gasteiger partial charge in [-0.15, -0.1) is 11.8 Å². The van der Waals surface area contributed by atoms with E-state index in [0.717, 1.165) is 0 Å². The molecule has 142 valence electrons. The van der Waals surface area contributed by atoms with Gasteiger partial charge in [0.25, 0.3) is 0 Å². The van der Waals surface area contributed by atoms with E-state index in [4.69, 9.17) is 14.6 Å². The van der Waals surface area contributed by atoms with Gasteiger partial charge in [-0.25, -0.2) is 0 Å². The van der Waals surface area contributed by atoms with Crippen molar-refractivity contribution in [3.8, 4) is 5.75 Å². The Labute approximate surface area is 154 Å². The van der Waals surface area contributed by atoms with Crippen molar-refractivity contribution in [2.24, 2.45) is 0 Å². The number of hydrogen-bond acceptors (Lipinski definition) is 7. The Morgan fingerprint density at radius 1 is 1.50 bits per heavy atom. The number of ether oxygens (including phenoxy) is 2. The van der Waals surface area contributed by atoms with Crippen molar-refractivity contribution in [3.63, 3.8) is 0 Å². The van der Waals surface area contributed by atoms with Gasteiger partial charge in [-0.2, -0.15) is 0 Å². The first kappa shape index (κ1) is 20.0. The van der Waals surface area contributed by atoms with E-state index in [-0.39, 0.29) is 36.1 Å². The molecular weight excluding hydrogens is 364 g/mol. The molecule has 1 aliphatic rings. The van der Waals surface area contributed by atoms with E-state index in [0.29, 0.717) is 24.3 Å². The van der Waals surface area contributed by atoms with Crippen LogP contribution in [0, 0.1) is 10.1 Å². The topological polar surface area (TPSA) is 128 Å². The lowest BCUT2D eigenvalue weighted by Gasteiger charge is -2.26. The van der Waals surface area contributed by atoms with Crippen LogP contribution in [0.15, 0.2) is 18.2 Å². The molecule has 0 radical (unpaired) electrons. The average molecular weight is 384 g/mol. The van der Waals surface area contributed by atoms with E-state index >= 15 is 0 Å². The van der Waals surface area contributed by atoms with E-state index < -0.39 is 16.4 Å². The van der Waals surface area contributed by atoms with Crippen LogP contribution in [0.25, 0.3) is 0 Å².